The van der Waals surface area contributed by atoms with Gasteiger partial charge in [0.25, 0.3) is 0 Å². The Labute approximate surface area is 155 Å². The number of anilines is 2. The molecular formula is C17H19ClN6S. The minimum atomic E-state index is 0.432. The number of H-pyrrole nitrogens is 1. The Hall–Kier alpha value is -1.99. The first-order chi connectivity index (χ1) is 12.0. The normalized spacial score (nSPS) is 14.3. The molecule has 25 heavy (non-hydrogen) atoms. The molecule has 0 spiro atoms. The van der Waals surface area contributed by atoms with Crippen LogP contribution in [-0.2, 0) is 0 Å². The van der Waals surface area contributed by atoms with Gasteiger partial charge in [-0.25, -0.2) is 15.0 Å². The van der Waals surface area contributed by atoms with E-state index in [0.717, 1.165) is 16.4 Å². The summed E-state index contributed by atoms with van der Waals surface area (Å²) in [6, 6.07) is 2.01. The number of aromatic amines is 1. The van der Waals surface area contributed by atoms with Crippen molar-refractivity contribution >= 4 is 34.6 Å². The van der Waals surface area contributed by atoms with E-state index in [-0.39, 0.29) is 0 Å². The number of hydrogen-bond donors (Lipinski definition) is 2. The van der Waals surface area contributed by atoms with Crippen molar-refractivity contribution in [1.29, 1.82) is 0 Å². The molecule has 0 aliphatic heterocycles. The van der Waals surface area contributed by atoms with E-state index >= 15 is 0 Å². The molecule has 130 valence electrons. The molecule has 2 N–H and O–H groups in total. The fraction of sp³-hybridized carbons (Fsp3) is 0.412. The fourth-order valence-corrected chi connectivity index (χ4v) is 3.87. The minimum absolute atomic E-state index is 0.432. The summed E-state index contributed by atoms with van der Waals surface area (Å²) >= 11 is 7.89. The maximum Gasteiger partial charge on any atom is 0.190 e. The minimum Gasteiger partial charge on any atom is -0.322 e. The molecule has 6 nitrogen and oxygen atoms in total. The molecular weight excluding hydrogens is 356 g/mol. The van der Waals surface area contributed by atoms with Crippen LogP contribution >= 0.6 is 22.9 Å². The second kappa shape index (κ2) is 6.38. The zero-order chi connectivity index (χ0) is 17.6. The van der Waals surface area contributed by atoms with Crippen molar-refractivity contribution in [3.63, 3.8) is 0 Å². The van der Waals surface area contributed by atoms with Gasteiger partial charge in [-0.15, -0.1) is 11.3 Å². The molecule has 1 fully saturated rings. The first kappa shape index (κ1) is 16.5. The Morgan fingerprint density at radius 2 is 2.12 bits per heavy atom. The van der Waals surface area contributed by atoms with Crippen LogP contribution in [0.4, 0.5) is 11.6 Å². The van der Waals surface area contributed by atoms with Crippen molar-refractivity contribution in [2.24, 2.45) is 0 Å². The van der Waals surface area contributed by atoms with Gasteiger partial charge in [0, 0.05) is 22.6 Å². The summed E-state index contributed by atoms with van der Waals surface area (Å²) in [5.74, 6) is 2.88. The zero-order valence-corrected chi connectivity index (χ0v) is 15.9. The third kappa shape index (κ3) is 3.39. The van der Waals surface area contributed by atoms with Gasteiger partial charge in [-0.2, -0.15) is 5.10 Å². The van der Waals surface area contributed by atoms with Gasteiger partial charge < -0.3 is 5.32 Å². The van der Waals surface area contributed by atoms with Gasteiger partial charge in [0.05, 0.1) is 11.9 Å². The number of aryl methyl sites for hydroxylation is 1. The number of nitrogens with one attached hydrogen (secondary N) is 2. The Kier molecular flexibility index (Phi) is 4.21. The van der Waals surface area contributed by atoms with Crippen LogP contribution in [-0.4, -0.2) is 25.1 Å². The first-order valence-electron chi connectivity index (χ1n) is 8.34. The predicted molar refractivity (Wildman–Crippen MR) is 101 cm³/mol. The van der Waals surface area contributed by atoms with Crippen molar-refractivity contribution < 1.29 is 0 Å². The van der Waals surface area contributed by atoms with Crippen molar-refractivity contribution in [2.45, 2.75) is 45.4 Å². The summed E-state index contributed by atoms with van der Waals surface area (Å²) in [7, 11) is 0. The third-order valence-electron chi connectivity index (χ3n) is 4.15. The molecule has 1 saturated carbocycles. The van der Waals surface area contributed by atoms with Crippen LogP contribution in [0.2, 0.25) is 5.02 Å². The van der Waals surface area contributed by atoms with Crippen LogP contribution in [0.3, 0.4) is 0 Å². The molecule has 0 atom stereocenters. The number of hydrogen-bond acceptors (Lipinski definition) is 6. The lowest BCUT2D eigenvalue weighted by Gasteiger charge is -2.05. The molecule has 1 aliphatic carbocycles. The largest absolute Gasteiger partial charge is 0.322 e. The van der Waals surface area contributed by atoms with Crippen molar-refractivity contribution in [2.75, 3.05) is 5.32 Å². The van der Waals surface area contributed by atoms with E-state index < -0.39 is 0 Å². The van der Waals surface area contributed by atoms with Crippen LogP contribution < -0.4 is 5.32 Å². The zero-order valence-electron chi connectivity index (χ0n) is 14.3. The van der Waals surface area contributed by atoms with Gasteiger partial charge in [-0.3, -0.25) is 5.10 Å². The number of rotatable bonds is 5. The van der Waals surface area contributed by atoms with E-state index in [0.29, 0.717) is 34.3 Å². The highest BCUT2D eigenvalue weighted by Gasteiger charge is 2.25. The SMILES string of the molecule is Cc1nc(-c2ncc(Cl)c(Nc3cc(C4CC4)[nH]n3)n2)sc1C(C)C. The standard InChI is InChI=1S/C17H19ClN6S/c1-8(2)14-9(3)20-17(25-14)16-19-7-11(18)15(22-16)21-13-6-12(23-24-13)10-4-5-10/h6-8,10H,4-5H2,1-3H3,(H2,19,21,22,23,24). The number of halogens is 1. The van der Waals surface area contributed by atoms with Gasteiger partial charge in [-0.05, 0) is 25.7 Å². The Morgan fingerprint density at radius 3 is 2.80 bits per heavy atom. The molecule has 4 rings (SSSR count). The summed E-state index contributed by atoms with van der Waals surface area (Å²) < 4.78 is 0. The van der Waals surface area contributed by atoms with Gasteiger partial charge >= 0.3 is 0 Å². The van der Waals surface area contributed by atoms with Gasteiger partial charge in [0.15, 0.2) is 22.5 Å². The summed E-state index contributed by atoms with van der Waals surface area (Å²) in [5, 5.41) is 11.8. The Bertz CT molecular complexity index is 912. The number of aromatic nitrogens is 5. The van der Waals surface area contributed by atoms with Crippen LogP contribution in [0.25, 0.3) is 10.8 Å². The second-order valence-corrected chi connectivity index (χ2v) is 8.06. The maximum absolute atomic E-state index is 6.26. The van der Waals surface area contributed by atoms with E-state index in [1.807, 2.05) is 13.0 Å². The van der Waals surface area contributed by atoms with Crippen LogP contribution in [0, 0.1) is 6.92 Å². The summed E-state index contributed by atoms with van der Waals surface area (Å²) in [6.45, 7) is 6.34. The molecule has 3 aromatic heterocycles. The lowest BCUT2D eigenvalue weighted by atomic mass is 10.1. The molecule has 0 amide bonds. The number of thiazole rings is 1. The fourth-order valence-electron chi connectivity index (χ4n) is 2.72. The molecule has 0 aromatic carbocycles. The Balaban J connectivity index is 1.62. The summed E-state index contributed by atoms with van der Waals surface area (Å²) in [4.78, 5) is 14.8. The molecule has 0 unspecified atom stereocenters. The maximum atomic E-state index is 6.26. The lowest BCUT2D eigenvalue weighted by molar-refractivity contribution is 0.873. The molecule has 0 saturated heterocycles. The highest BCUT2D eigenvalue weighted by atomic mass is 35.5. The second-order valence-electron chi connectivity index (χ2n) is 6.62. The average Bonchev–Trinajstić information content (AvgIpc) is 3.19. The van der Waals surface area contributed by atoms with E-state index in [1.54, 1.807) is 17.5 Å². The average molecular weight is 375 g/mol. The Morgan fingerprint density at radius 1 is 1.32 bits per heavy atom. The molecule has 1 aliphatic rings. The topological polar surface area (TPSA) is 79.4 Å². The number of nitrogens with zero attached hydrogens (tertiary/aromatic N) is 4. The molecule has 8 heteroatoms. The van der Waals surface area contributed by atoms with E-state index in [2.05, 4.69) is 44.3 Å². The molecule has 0 radical (unpaired) electrons. The predicted octanol–water partition coefficient (Wildman–Crippen LogP) is 5.03. The lowest BCUT2D eigenvalue weighted by Crippen LogP contribution is -1.98. The van der Waals surface area contributed by atoms with E-state index in [4.69, 9.17) is 11.6 Å². The van der Waals surface area contributed by atoms with Crippen molar-refractivity contribution in [3.05, 3.63) is 33.6 Å². The smallest absolute Gasteiger partial charge is 0.190 e. The molecule has 3 aromatic rings. The highest BCUT2D eigenvalue weighted by molar-refractivity contribution is 7.15. The third-order valence-corrected chi connectivity index (χ3v) is 5.88. The molecule has 3 heterocycles. The van der Waals surface area contributed by atoms with Gasteiger partial charge in [-0.1, -0.05) is 25.4 Å². The monoisotopic (exact) mass is 374 g/mol. The first-order valence-corrected chi connectivity index (χ1v) is 9.53. The quantitative estimate of drug-likeness (QED) is 0.654. The van der Waals surface area contributed by atoms with Crippen molar-refractivity contribution in [3.8, 4) is 10.8 Å². The van der Waals surface area contributed by atoms with E-state index in [1.165, 1.54) is 17.7 Å². The van der Waals surface area contributed by atoms with Crippen molar-refractivity contribution in [1.82, 2.24) is 25.1 Å². The van der Waals surface area contributed by atoms with Gasteiger partial charge in [0.2, 0.25) is 0 Å². The highest BCUT2D eigenvalue weighted by Crippen LogP contribution is 2.40. The summed E-state index contributed by atoms with van der Waals surface area (Å²) in [5.41, 5.74) is 2.19. The van der Waals surface area contributed by atoms with Crippen LogP contribution in [0.1, 0.15) is 54.8 Å². The van der Waals surface area contributed by atoms with Crippen LogP contribution in [0.5, 0.6) is 0 Å². The summed E-state index contributed by atoms with van der Waals surface area (Å²) in [6.07, 6.45) is 4.05. The molecule has 0 bridgehead atoms. The van der Waals surface area contributed by atoms with Crippen LogP contribution in [0.15, 0.2) is 12.3 Å². The van der Waals surface area contributed by atoms with E-state index in [9.17, 15) is 0 Å². The van der Waals surface area contributed by atoms with Gasteiger partial charge in [0.1, 0.15) is 5.02 Å².